The highest BCUT2D eigenvalue weighted by atomic mass is 32.2. The molecule has 1 aromatic heterocycles. The fourth-order valence-corrected chi connectivity index (χ4v) is 3.32. The zero-order valence-electron chi connectivity index (χ0n) is 15.3. The Labute approximate surface area is 163 Å². The van der Waals surface area contributed by atoms with Crippen LogP contribution in [-0.2, 0) is 10.1 Å². The predicted molar refractivity (Wildman–Crippen MR) is 108 cm³/mol. The van der Waals surface area contributed by atoms with Gasteiger partial charge in [-0.25, -0.2) is 4.98 Å². The molecule has 0 saturated heterocycles. The Morgan fingerprint density at radius 1 is 1.11 bits per heavy atom. The molecule has 0 radical (unpaired) electrons. The summed E-state index contributed by atoms with van der Waals surface area (Å²) in [6.45, 7) is 2.56. The standard InChI is InChI=1S/C20H21N3O4S/c1-14-12-17(28(24,25)26)13-20(22-14)23-19-5-3-2-4-18(19)15-6-8-16(9-7-15)27-11-10-21/h2-9,12-13H,10-11,21H2,1H3,(H,22,23)(H,24,25,26). The van der Waals surface area contributed by atoms with E-state index in [2.05, 4.69) is 10.3 Å². The van der Waals surface area contributed by atoms with Gasteiger partial charge in [0, 0.05) is 29.6 Å². The van der Waals surface area contributed by atoms with Crippen molar-refractivity contribution in [2.24, 2.45) is 5.73 Å². The molecule has 4 N–H and O–H groups in total. The van der Waals surface area contributed by atoms with Gasteiger partial charge in [0.2, 0.25) is 0 Å². The Bertz CT molecular complexity index is 1070. The van der Waals surface area contributed by atoms with Crippen LogP contribution in [0.4, 0.5) is 11.5 Å². The van der Waals surface area contributed by atoms with Crippen molar-refractivity contribution in [3.8, 4) is 16.9 Å². The number of hydrogen-bond acceptors (Lipinski definition) is 6. The molecule has 0 fully saturated rings. The molecule has 0 aliphatic rings. The number of pyridine rings is 1. The first kappa shape index (κ1) is 19.8. The molecule has 8 heteroatoms. The van der Waals surface area contributed by atoms with Crippen molar-refractivity contribution in [1.29, 1.82) is 0 Å². The minimum absolute atomic E-state index is 0.207. The normalized spacial score (nSPS) is 11.2. The van der Waals surface area contributed by atoms with E-state index in [4.69, 9.17) is 10.5 Å². The summed E-state index contributed by atoms with van der Waals surface area (Å²) in [4.78, 5) is 4.10. The fraction of sp³-hybridized carbons (Fsp3) is 0.150. The van der Waals surface area contributed by atoms with Gasteiger partial charge >= 0.3 is 0 Å². The maximum absolute atomic E-state index is 11.5. The number of aromatic nitrogens is 1. The average molecular weight is 399 g/mol. The van der Waals surface area contributed by atoms with Gasteiger partial charge in [-0.15, -0.1) is 0 Å². The zero-order chi connectivity index (χ0) is 20.1. The summed E-state index contributed by atoms with van der Waals surface area (Å²) in [6.07, 6.45) is 0. The molecular formula is C20H21N3O4S. The van der Waals surface area contributed by atoms with Gasteiger partial charge in [0.25, 0.3) is 10.1 Å². The van der Waals surface area contributed by atoms with E-state index in [-0.39, 0.29) is 4.90 Å². The number of benzene rings is 2. The first-order valence-electron chi connectivity index (χ1n) is 8.62. The van der Waals surface area contributed by atoms with Crippen LogP contribution >= 0.6 is 0 Å². The number of nitrogens with zero attached hydrogens (tertiary/aromatic N) is 1. The monoisotopic (exact) mass is 399 g/mol. The highest BCUT2D eigenvalue weighted by Gasteiger charge is 2.13. The van der Waals surface area contributed by atoms with Gasteiger partial charge < -0.3 is 15.8 Å². The number of para-hydroxylation sites is 1. The lowest BCUT2D eigenvalue weighted by molar-refractivity contribution is 0.328. The third-order valence-corrected chi connectivity index (χ3v) is 4.80. The quantitative estimate of drug-likeness (QED) is 0.522. The summed E-state index contributed by atoms with van der Waals surface area (Å²) in [6, 6.07) is 17.8. The van der Waals surface area contributed by atoms with Crippen LogP contribution in [0.2, 0.25) is 0 Å². The first-order chi connectivity index (χ1) is 13.4. The lowest BCUT2D eigenvalue weighted by atomic mass is 10.0. The van der Waals surface area contributed by atoms with E-state index in [9.17, 15) is 13.0 Å². The van der Waals surface area contributed by atoms with Gasteiger partial charge in [0.1, 0.15) is 18.2 Å². The predicted octanol–water partition coefficient (Wildman–Crippen LogP) is 3.38. The molecule has 0 aliphatic carbocycles. The molecule has 0 spiro atoms. The number of ether oxygens (including phenoxy) is 1. The molecule has 0 atom stereocenters. The van der Waals surface area contributed by atoms with Crippen LogP contribution < -0.4 is 15.8 Å². The highest BCUT2D eigenvalue weighted by molar-refractivity contribution is 7.85. The second kappa shape index (κ2) is 8.39. The second-order valence-corrected chi connectivity index (χ2v) is 7.56. The van der Waals surface area contributed by atoms with E-state index in [1.807, 2.05) is 48.5 Å². The lowest BCUT2D eigenvalue weighted by Gasteiger charge is -2.13. The molecule has 0 unspecified atom stereocenters. The Morgan fingerprint density at radius 2 is 1.82 bits per heavy atom. The maximum Gasteiger partial charge on any atom is 0.294 e. The molecule has 1 heterocycles. The minimum atomic E-state index is -4.32. The highest BCUT2D eigenvalue weighted by Crippen LogP contribution is 2.31. The molecule has 0 aliphatic heterocycles. The van der Waals surface area contributed by atoms with E-state index in [1.54, 1.807) is 6.92 Å². The molecule has 0 bridgehead atoms. The molecule has 2 aromatic carbocycles. The van der Waals surface area contributed by atoms with E-state index in [0.29, 0.717) is 24.7 Å². The van der Waals surface area contributed by atoms with Gasteiger partial charge in [-0.3, -0.25) is 4.55 Å². The van der Waals surface area contributed by atoms with E-state index >= 15 is 0 Å². The lowest BCUT2D eigenvalue weighted by Crippen LogP contribution is -2.10. The summed E-state index contributed by atoms with van der Waals surface area (Å²) < 4.78 is 37.8. The van der Waals surface area contributed by atoms with Crippen molar-refractivity contribution in [3.63, 3.8) is 0 Å². The van der Waals surface area contributed by atoms with E-state index < -0.39 is 10.1 Å². The molecule has 3 aromatic rings. The number of nitrogens with two attached hydrogens (primary N) is 1. The van der Waals surface area contributed by atoms with Crippen LogP contribution in [0.5, 0.6) is 5.75 Å². The van der Waals surface area contributed by atoms with Crippen molar-refractivity contribution in [3.05, 3.63) is 66.4 Å². The Balaban J connectivity index is 1.92. The van der Waals surface area contributed by atoms with E-state index in [1.165, 1.54) is 12.1 Å². The van der Waals surface area contributed by atoms with Crippen LogP contribution in [-0.4, -0.2) is 31.1 Å². The third kappa shape index (κ3) is 4.86. The smallest absolute Gasteiger partial charge is 0.294 e. The molecule has 0 amide bonds. The molecule has 0 saturated carbocycles. The second-order valence-electron chi connectivity index (χ2n) is 6.14. The number of aryl methyl sites for hydroxylation is 1. The van der Waals surface area contributed by atoms with Crippen molar-refractivity contribution < 1.29 is 17.7 Å². The SMILES string of the molecule is Cc1cc(S(=O)(=O)O)cc(Nc2ccccc2-c2ccc(OCCN)cc2)n1. The molecule has 146 valence electrons. The van der Waals surface area contributed by atoms with Crippen LogP contribution in [0.15, 0.2) is 65.6 Å². The van der Waals surface area contributed by atoms with Crippen molar-refractivity contribution in [2.75, 3.05) is 18.5 Å². The number of anilines is 2. The van der Waals surface area contributed by atoms with E-state index in [0.717, 1.165) is 22.6 Å². The van der Waals surface area contributed by atoms with Gasteiger partial charge in [-0.2, -0.15) is 8.42 Å². The van der Waals surface area contributed by atoms with Gasteiger partial charge in [0.05, 0.1) is 4.90 Å². The summed E-state index contributed by atoms with van der Waals surface area (Å²) in [5, 5.41) is 3.14. The Hall–Kier alpha value is -2.94. The van der Waals surface area contributed by atoms with Crippen LogP contribution in [0, 0.1) is 6.92 Å². The van der Waals surface area contributed by atoms with Crippen molar-refractivity contribution in [2.45, 2.75) is 11.8 Å². The number of nitrogens with one attached hydrogen (secondary N) is 1. The summed E-state index contributed by atoms with van der Waals surface area (Å²) in [7, 11) is -4.32. The molecule has 7 nitrogen and oxygen atoms in total. The van der Waals surface area contributed by atoms with Crippen molar-refractivity contribution >= 4 is 21.6 Å². The average Bonchev–Trinajstić information content (AvgIpc) is 2.66. The number of hydrogen-bond donors (Lipinski definition) is 3. The molecule has 28 heavy (non-hydrogen) atoms. The van der Waals surface area contributed by atoms with Crippen molar-refractivity contribution in [1.82, 2.24) is 4.98 Å². The third-order valence-electron chi connectivity index (χ3n) is 3.97. The van der Waals surface area contributed by atoms with Gasteiger partial charge in [-0.05, 0) is 36.8 Å². The summed E-state index contributed by atoms with van der Waals surface area (Å²) in [5.74, 6) is 1.06. The molecule has 3 rings (SSSR count). The van der Waals surface area contributed by atoms with Crippen LogP contribution in [0.1, 0.15) is 5.69 Å². The Kier molecular flexibility index (Phi) is 5.93. The maximum atomic E-state index is 11.5. The first-order valence-corrected chi connectivity index (χ1v) is 10.1. The summed E-state index contributed by atoms with van der Waals surface area (Å²) >= 11 is 0. The molecular weight excluding hydrogens is 378 g/mol. The summed E-state index contributed by atoms with van der Waals surface area (Å²) in [5.41, 5.74) is 8.52. The largest absolute Gasteiger partial charge is 0.492 e. The number of rotatable bonds is 7. The zero-order valence-corrected chi connectivity index (χ0v) is 16.1. The van der Waals surface area contributed by atoms with Gasteiger partial charge in [-0.1, -0.05) is 30.3 Å². The van der Waals surface area contributed by atoms with Crippen LogP contribution in [0.25, 0.3) is 11.1 Å². The van der Waals surface area contributed by atoms with Gasteiger partial charge in [0.15, 0.2) is 0 Å². The Morgan fingerprint density at radius 3 is 2.50 bits per heavy atom. The topological polar surface area (TPSA) is 115 Å². The minimum Gasteiger partial charge on any atom is -0.492 e. The fourth-order valence-electron chi connectivity index (χ4n) is 2.74. The van der Waals surface area contributed by atoms with Crippen LogP contribution in [0.3, 0.4) is 0 Å².